The van der Waals surface area contributed by atoms with Crippen molar-refractivity contribution in [3.8, 4) is 23.0 Å². The number of hydrogen-bond acceptors (Lipinski definition) is 7. The van der Waals surface area contributed by atoms with Crippen LogP contribution in [0.3, 0.4) is 0 Å². The van der Waals surface area contributed by atoms with Crippen molar-refractivity contribution in [2.75, 3.05) is 46.1 Å². The number of nitrogen functional groups attached to an aromatic ring is 1. The number of carbonyl (C=O) groups is 1. The maximum absolute atomic E-state index is 13.3. The third-order valence-electron chi connectivity index (χ3n) is 7.97. The van der Waals surface area contributed by atoms with Gasteiger partial charge in [0.05, 0.1) is 19.8 Å². The van der Waals surface area contributed by atoms with Gasteiger partial charge in [0.2, 0.25) is 0 Å². The van der Waals surface area contributed by atoms with Gasteiger partial charge in [-0.15, -0.1) is 0 Å². The monoisotopic (exact) mass is 531 g/mol. The summed E-state index contributed by atoms with van der Waals surface area (Å²) in [5, 5.41) is 3.17. The third-order valence-corrected chi connectivity index (χ3v) is 7.97. The zero-order valence-corrected chi connectivity index (χ0v) is 22.7. The number of ether oxygens (including phenoxy) is 4. The average Bonchev–Trinajstić information content (AvgIpc) is 2.99. The van der Waals surface area contributed by atoms with Crippen LogP contribution in [0, 0.1) is 5.41 Å². The summed E-state index contributed by atoms with van der Waals surface area (Å²) in [5.41, 5.74) is 9.24. The number of amides is 1. The molecule has 1 amide bonds. The minimum atomic E-state index is -0.189. The topological polar surface area (TPSA) is 95.3 Å². The summed E-state index contributed by atoms with van der Waals surface area (Å²) in [7, 11) is 3.27. The Morgan fingerprint density at radius 3 is 1.79 bits per heavy atom. The van der Waals surface area contributed by atoms with Crippen LogP contribution in [0.15, 0.2) is 60.7 Å². The standard InChI is InChI=1S/C31H37N3O5/c1-36-24-7-3-22(4-8-24)19-38-28-17-26(30(35)33-21-31-11-14-34(15-12-31)16-13-31)27(32)18-29(28)39-20-23-5-9-25(37-2)10-6-23/h3-10,17-18H,11-16,19-21,32H2,1-2H3,(H,33,35). The van der Waals surface area contributed by atoms with Gasteiger partial charge in [0.25, 0.3) is 5.91 Å². The molecule has 0 atom stereocenters. The highest BCUT2D eigenvalue weighted by Gasteiger charge is 2.39. The first-order valence-corrected chi connectivity index (χ1v) is 13.4. The van der Waals surface area contributed by atoms with Crippen LogP contribution in [0.25, 0.3) is 0 Å². The lowest BCUT2D eigenvalue weighted by atomic mass is 9.72. The fourth-order valence-corrected chi connectivity index (χ4v) is 5.29. The van der Waals surface area contributed by atoms with E-state index in [1.807, 2.05) is 48.5 Å². The van der Waals surface area contributed by atoms with Gasteiger partial charge in [-0.05, 0) is 85.8 Å². The summed E-state index contributed by atoms with van der Waals surface area (Å²) in [6, 6.07) is 18.7. The molecule has 3 aliphatic heterocycles. The first-order chi connectivity index (χ1) is 19.0. The number of benzene rings is 3. The van der Waals surface area contributed by atoms with Crippen LogP contribution in [0.4, 0.5) is 5.69 Å². The molecule has 39 heavy (non-hydrogen) atoms. The van der Waals surface area contributed by atoms with E-state index in [0.717, 1.165) is 61.5 Å². The van der Waals surface area contributed by atoms with Crippen molar-refractivity contribution >= 4 is 11.6 Å². The van der Waals surface area contributed by atoms with E-state index in [0.29, 0.717) is 42.5 Å². The molecule has 0 aromatic heterocycles. The summed E-state index contributed by atoms with van der Waals surface area (Å²) in [6.45, 7) is 4.61. The number of hydrogen-bond donors (Lipinski definition) is 2. The summed E-state index contributed by atoms with van der Waals surface area (Å²) < 4.78 is 22.8. The molecule has 0 saturated carbocycles. The highest BCUT2D eigenvalue weighted by atomic mass is 16.5. The maximum Gasteiger partial charge on any atom is 0.253 e. The molecule has 2 bridgehead atoms. The van der Waals surface area contributed by atoms with E-state index < -0.39 is 0 Å². The lowest BCUT2D eigenvalue weighted by molar-refractivity contribution is 0.0262. The third kappa shape index (κ3) is 6.40. The molecule has 206 valence electrons. The average molecular weight is 532 g/mol. The number of carbonyl (C=O) groups excluding carboxylic acids is 1. The van der Waals surface area contributed by atoms with Gasteiger partial charge in [0, 0.05) is 18.3 Å². The van der Waals surface area contributed by atoms with Crippen molar-refractivity contribution < 1.29 is 23.7 Å². The molecule has 3 N–H and O–H groups in total. The van der Waals surface area contributed by atoms with E-state index in [1.54, 1.807) is 26.4 Å². The van der Waals surface area contributed by atoms with Crippen LogP contribution in [0.2, 0.25) is 0 Å². The highest BCUT2D eigenvalue weighted by molar-refractivity contribution is 6.00. The van der Waals surface area contributed by atoms with Gasteiger partial charge >= 0.3 is 0 Å². The van der Waals surface area contributed by atoms with Gasteiger partial charge in [0.1, 0.15) is 24.7 Å². The summed E-state index contributed by atoms with van der Waals surface area (Å²) in [4.78, 5) is 15.8. The Labute approximate surface area is 230 Å². The van der Waals surface area contributed by atoms with Gasteiger partial charge < -0.3 is 34.9 Å². The van der Waals surface area contributed by atoms with Crippen molar-refractivity contribution in [1.29, 1.82) is 0 Å². The fraction of sp³-hybridized carbons (Fsp3) is 0.387. The number of nitrogens with one attached hydrogen (secondary N) is 1. The van der Waals surface area contributed by atoms with Gasteiger partial charge in [-0.2, -0.15) is 0 Å². The fourth-order valence-electron chi connectivity index (χ4n) is 5.29. The predicted molar refractivity (Wildman–Crippen MR) is 151 cm³/mol. The normalized spacial score (nSPS) is 19.8. The largest absolute Gasteiger partial charge is 0.497 e. The van der Waals surface area contributed by atoms with Crippen LogP contribution in [0.5, 0.6) is 23.0 Å². The zero-order chi connectivity index (χ0) is 27.2. The van der Waals surface area contributed by atoms with Crippen molar-refractivity contribution in [3.63, 3.8) is 0 Å². The first kappa shape index (κ1) is 26.7. The summed E-state index contributed by atoms with van der Waals surface area (Å²) >= 11 is 0. The van der Waals surface area contributed by atoms with Crippen molar-refractivity contribution in [2.45, 2.75) is 32.5 Å². The molecule has 8 heteroatoms. The Morgan fingerprint density at radius 2 is 1.31 bits per heavy atom. The first-order valence-electron chi connectivity index (χ1n) is 13.4. The van der Waals surface area contributed by atoms with E-state index >= 15 is 0 Å². The Balaban J connectivity index is 1.32. The minimum Gasteiger partial charge on any atom is -0.497 e. The van der Waals surface area contributed by atoms with Crippen molar-refractivity contribution in [2.24, 2.45) is 5.41 Å². The molecule has 3 saturated heterocycles. The number of nitrogens with two attached hydrogens (primary N) is 1. The predicted octanol–water partition coefficient (Wildman–Crippen LogP) is 4.66. The van der Waals surface area contributed by atoms with Crippen LogP contribution < -0.4 is 30.0 Å². The van der Waals surface area contributed by atoms with E-state index in [-0.39, 0.29) is 11.3 Å². The van der Waals surface area contributed by atoms with E-state index in [1.165, 1.54) is 0 Å². The Kier molecular flexibility index (Phi) is 8.12. The molecule has 8 nitrogen and oxygen atoms in total. The molecular weight excluding hydrogens is 494 g/mol. The van der Waals surface area contributed by atoms with Gasteiger partial charge in [-0.25, -0.2) is 0 Å². The molecule has 6 rings (SSSR count). The van der Waals surface area contributed by atoms with Crippen LogP contribution in [-0.2, 0) is 13.2 Å². The van der Waals surface area contributed by atoms with E-state index in [2.05, 4.69) is 10.2 Å². The molecule has 3 heterocycles. The number of rotatable bonds is 11. The summed E-state index contributed by atoms with van der Waals surface area (Å²) in [5.74, 6) is 2.30. The van der Waals surface area contributed by atoms with Crippen LogP contribution in [-0.4, -0.2) is 51.2 Å². The maximum atomic E-state index is 13.3. The molecule has 3 aromatic rings. The van der Waals surface area contributed by atoms with Crippen LogP contribution in [0.1, 0.15) is 40.7 Å². The van der Waals surface area contributed by atoms with Gasteiger partial charge in [-0.1, -0.05) is 24.3 Å². The molecule has 0 aliphatic carbocycles. The smallest absolute Gasteiger partial charge is 0.253 e. The number of nitrogens with zero attached hydrogens (tertiary/aromatic N) is 1. The van der Waals surface area contributed by atoms with E-state index in [9.17, 15) is 4.79 Å². The second-order valence-electron chi connectivity index (χ2n) is 10.4. The molecule has 3 aromatic carbocycles. The second kappa shape index (κ2) is 11.9. The zero-order valence-electron chi connectivity index (χ0n) is 22.7. The number of fused-ring (bicyclic) bond motifs is 3. The molecule has 0 unspecified atom stereocenters. The molecule has 0 radical (unpaired) electrons. The lowest BCUT2D eigenvalue weighted by Crippen LogP contribution is -2.52. The molecular formula is C31H37N3O5. The van der Waals surface area contributed by atoms with Crippen molar-refractivity contribution in [3.05, 3.63) is 77.4 Å². The van der Waals surface area contributed by atoms with E-state index in [4.69, 9.17) is 24.7 Å². The van der Waals surface area contributed by atoms with Gasteiger partial charge in [-0.3, -0.25) is 4.79 Å². The highest BCUT2D eigenvalue weighted by Crippen LogP contribution is 2.40. The number of piperidine rings is 3. The molecule has 0 spiro atoms. The lowest BCUT2D eigenvalue weighted by Gasteiger charge is -2.48. The minimum absolute atomic E-state index is 0.189. The number of anilines is 1. The Morgan fingerprint density at radius 1 is 0.821 bits per heavy atom. The van der Waals surface area contributed by atoms with Gasteiger partial charge in [0.15, 0.2) is 11.5 Å². The van der Waals surface area contributed by atoms with Crippen molar-refractivity contribution in [1.82, 2.24) is 10.2 Å². The molecule has 3 aliphatic rings. The second-order valence-corrected chi connectivity index (χ2v) is 10.4. The van der Waals surface area contributed by atoms with Crippen LogP contribution >= 0.6 is 0 Å². The Bertz CT molecular complexity index is 1250. The summed E-state index contributed by atoms with van der Waals surface area (Å²) in [6.07, 6.45) is 3.37. The SMILES string of the molecule is COc1ccc(COc2cc(N)c(C(=O)NCC34CCN(CC3)CC4)cc2OCc2ccc(OC)cc2)cc1. The number of methoxy groups -OCH3 is 2. The Hall–Kier alpha value is -3.91. The quantitative estimate of drug-likeness (QED) is 0.348. The molecule has 3 fully saturated rings.